The van der Waals surface area contributed by atoms with Crippen molar-refractivity contribution in [1.29, 1.82) is 0 Å². The van der Waals surface area contributed by atoms with Gasteiger partial charge in [0.25, 0.3) is 0 Å². The molecule has 7 nitrogen and oxygen atoms in total. The molecular formula is C19H24Cl2N4O3. The van der Waals surface area contributed by atoms with Crippen molar-refractivity contribution in [2.24, 2.45) is 0 Å². The lowest BCUT2D eigenvalue weighted by Gasteiger charge is -2.35. The van der Waals surface area contributed by atoms with Crippen LogP contribution in [0.5, 0.6) is 11.5 Å². The molecule has 1 aromatic carbocycles. The highest BCUT2D eigenvalue weighted by molar-refractivity contribution is 6.32. The molecule has 1 saturated heterocycles. The maximum absolute atomic E-state index is 12.7. The minimum absolute atomic E-state index is 0. The largest absolute Gasteiger partial charge is 0.495 e. The van der Waals surface area contributed by atoms with E-state index in [1.807, 2.05) is 18.3 Å². The van der Waals surface area contributed by atoms with Crippen molar-refractivity contribution in [2.75, 3.05) is 45.7 Å². The first-order chi connectivity index (χ1) is 13.1. The second kappa shape index (κ2) is 10.5. The third-order valence-electron chi connectivity index (χ3n) is 4.52. The molecule has 0 saturated carbocycles. The highest BCUT2D eigenvalue weighted by Gasteiger charge is 2.26. The number of halogens is 2. The zero-order chi connectivity index (χ0) is 19.2. The van der Waals surface area contributed by atoms with Crippen molar-refractivity contribution in [3.8, 4) is 11.5 Å². The van der Waals surface area contributed by atoms with Crippen molar-refractivity contribution in [3.05, 3.63) is 47.2 Å². The fourth-order valence-electron chi connectivity index (χ4n) is 3.17. The lowest BCUT2D eigenvalue weighted by molar-refractivity contribution is -0.118. The van der Waals surface area contributed by atoms with Crippen LogP contribution in [0.2, 0.25) is 5.02 Å². The van der Waals surface area contributed by atoms with E-state index in [4.69, 9.17) is 21.1 Å². The Labute approximate surface area is 175 Å². The zero-order valence-corrected chi connectivity index (χ0v) is 17.3. The number of amides is 1. The number of rotatable bonds is 6. The number of anilines is 1. The second-order valence-corrected chi connectivity index (χ2v) is 6.62. The van der Waals surface area contributed by atoms with Crippen LogP contribution in [0.1, 0.15) is 11.6 Å². The van der Waals surface area contributed by atoms with Gasteiger partial charge in [0.2, 0.25) is 5.91 Å². The molecule has 152 valence electrons. The average Bonchev–Trinajstić information content (AvgIpc) is 2.69. The number of hydrogen-bond donors (Lipinski definition) is 2. The molecule has 28 heavy (non-hydrogen) atoms. The number of pyridine rings is 1. The van der Waals surface area contributed by atoms with Gasteiger partial charge in [-0.25, -0.2) is 0 Å². The molecule has 2 aromatic rings. The number of nitrogens with one attached hydrogen (secondary N) is 2. The Bertz CT molecular complexity index is 792. The van der Waals surface area contributed by atoms with Crippen molar-refractivity contribution >= 4 is 35.6 Å². The fourth-order valence-corrected chi connectivity index (χ4v) is 3.41. The highest BCUT2D eigenvalue weighted by Crippen LogP contribution is 2.36. The van der Waals surface area contributed by atoms with Crippen LogP contribution in [0.15, 0.2) is 36.7 Å². The summed E-state index contributed by atoms with van der Waals surface area (Å²) in [5.74, 6) is 0.851. The van der Waals surface area contributed by atoms with Gasteiger partial charge in [0.1, 0.15) is 11.5 Å². The van der Waals surface area contributed by atoms with Crippen LogP contribution in [0, 0.1) is 0 Å². The summed E-state index contributed by atoms with van der Waals surface area (Å²) in [5.41, 5.74) is 1.60. The van der Waals surface area contributed by atoms with Crippen molar-refractivity contribution in [2.45, 2.75) is 6.04 Å². The Morgan fingerprint density at radius 3 is 2.82 bits per heavy atom. The van der Waals surface area contributed by atoms with E-state index >= 15 is 0 Å². The Morgan fingerprint density at radius 2 is 2.14 bits per heavy atom. The van der Waals surface area contributed by atoms with E-state index in [0.29, 0.717) is 22.2 Å². The van der Waals surface area contributed by atoms with Crippen LogP contribution >= 0.6 is 24.0 Å². The number of aromatic nitrogens is 1. The van der Waals surface area contributed by atoms with Gasteiger partial charge in [0.05, 0.1) is 31.5 Å². The molecule has 1 atom stereocenters. The Balaban J connectivity index is 0.00000280. The van der Waals surface area contributed by atoms with Gasteiger partial charge in [-0.3, -0.25) is 14.7 Å². The molecule has 1 aliphatic heterocycles. The van der Waals surface area contributed by atoms with Crippen LogP contribution in [-0.4, -0.2) is 56.2 Å². The van der Waals surface area contributed by atoms with Crippen molar-refractivity contribution < 1.29 is 14.3 Å². The molecule has 1 amide bonds. The molecule has 1 fully saturated rings. The summed E-state index contributed by atoms with van der Waals surface area (Å²) in [4.78, 5) is 19.0. The fraction of sp³-hybridized carbons (Fsp3) is 0.368. The minimum Gasteiger partial charge on any atom is -0.495 e. The Hall–Kier alpha value is -2.06. The molecule has 1 aliphatic rings. The maximum Gasteiger partial charge on any atom is 0.238 e. The first kappa shape index (κ1) is 22.2. The monoisotopic (exact) mass is 426 g/mol. The number of carbonyl (C=O) groups excluding carboxylic acids is 1. The second-order valence-electron chi connectivity index (χ2n) is 6.21. The summed E-state index contributed by atoms with van der Waals surface area (Å²) >= 11 is 6.18. The van der Waals surface area contributed by atoms with E-state index in [-0.39, 0.29) is 30.9 Å². The quantitative estimate of drug-likeness (QED) is 0.739. The molecule has 0 bridgehead atoms. The summed E-state index contributed by atoms with van der Waals surface area (Å²) < 4.78 is 10.5. The number of hydrogen-bond acceptors (Lipinski definition) is 6. The number of methoxy groups -OCH3 is 2. The highest BCUT2D eigenvalue weighted by atomic mass is 35.5. The van der Waals surface area contributed by atoms with Gasteiger partial charge < -0.3 is 20.1 Å². The molecule has 3 rings (SSSR count). The van der Waals surface area contributed by atoms with Gasteiger partial charge in [0, 0.05) is 44.1 Å². The lowest BCUT2D eigenvalue weighted by Crippen LogP contribution is -2.48. The number of nitrogens with zero attached hydrogens (tertiary/aromatic N) is 2. The molecule has 2 N–H and O–H groups in total. The number of benzene rings is 1. The Kier molecular flexibility index (Phi) is 8.32. The number of piperazine rings is 1. The molecule has 0 aliphatic carbocycles. The normalized spacial score (nSPS) is 16.8. The topological polar surface area (TPSA) is 75.7 Å². The van der Waals surface area contributed by atoms with E-state index in [9.17, 15) is 4.79 Å². The zero-order valence-electron chi connectivity index (χ0n) is 15.8. The van der Waals surface area contributed by atoms with E-state index in [2.05, 4.69) is 20.5 Å². The first-order valence-electron chi connectivity index (χ1n) is 8.68. The smallest absolute Gasteiger partial charge is 0.238 e. The van der Waals surface area contributed by atoms with E-state index in [1.54, 1.807) is 18.3 Å². The van der Waals surface area contributed by atoms with Gasteiger partial charge >= 0.3 is 0 Å². The maximum atomic E-state index is 12.7. The van der Waals surface area contributed by atoms with Crippen LogP contribution in [0.3, 0.4) is 0 Å². The molecular weight excluding hydrogens is 403 g/mol. The number of ether oxygens (including phenoxy) is 2. The third-order valence-corrected chi connectivity index (χ3v) is 4.81. The standard InChI is InChI=1S/C19H23ClN4O3.ClH/c1-26-17-9-18(27-2)15(8-14(17)20)23-19(25)12-24-7-6-22-11-16(24)13-4-3-5-21-10-13;/h3-5,8-10,16,22H,6-7,11-12H2,1-2H3,(H,23,25);1H. The SMILES string of the molecule is COc1cc(OC)c(NC(=O)CN2CCNCC2c2cccnc2)cc1Cl.Cl. The van der Waals surface area contributed by atoms with Crippen molar-refractivity contribution in [1.82, 2.24) is 15.2 Å². The predicted molar refractivity (Wildman–Crippen MR) is 112 cm³/mol. The van der Waals surface area contributed by atoms with E-state index in [0.717, 1.165) is 25.2 Å². The molecule has 0 spiro atoms. The molecule has 0 radical (unpaired) electrons. The van der Waals surface area contributed by atoms with Crippen LogP contribution in [0.25, 0.3) is 0 Å². The van der Waals surface area contributed by atoms with Crippen LogP contribution in [0.4, 0.5) is 5.69 Å². The van der Waals surface area contributed by atoms with Crippen LogP contribution < -0.4 is 20.1 Å². The summed E-state index contributed by atoms with van der Waals surface area (Å²) in [6.07, 6.45) is 3.59. The van der Waals surface area contributed by atoms with Gasteiger partial charge in [-0.15, -0.1) is 12.4 Å². The van der Waals surface area contributed by atoms with E-state index < -0.39 is 0 Å². The lowest BCUT2D eigenvalue weighted by atomic mass is 10.1. The molecule has 2 heterocycles. The van der Waals surface area contributed by atoms with Crippen LogP contribution in [-0.2, 0) is 4.79 Å². The predicted octanol–water partition coefficient (Wildman–Crippen LogP) is 2.76. The first-order valence-corrected chi connectivity index (χ1v) is 9.06. The minimum atomic E-state index is -0.134. The van der Waals surface area contributed by atoms with Gasteiger partial charge in [-0.1, -0.05) is 17.7 Å². The Morgan fingerprint density at radius 1 is 1.36 bits per heavy atom. The summed E-state index contributed by atoms with van der Waals surface area (Å²) in [7, 11) is 3.06. The van der Waals surface area contributed by atoms with Gasteiger partial charge in [-0.05, 0) is 17.7 Å². The molecule has 1 unspecified atom stereocenters. The summed E-state index contributed by atoms with van der Waals surface area (Å²) in [6, 6.07) is 7.32. The van der Waals surface area contributed by atoms with Gasteiger partial charge in [0.15, 0.2) is 0 Å². The van der Waals surface area contributed by atoms with Crippen molar-refractivity contribution in [3.63, 3.8) is 0 Å². The molecule has 9 heteroatoms. The summed E-state index contributed by atoms with van der Waals surface area (Å²) in [5, 5.41) is 6.67. The summed E-state index contributed by atoms with van der Waals surface area (Å²) in [6.45, 7) is 2.64. The average molecular weight is 427 g/mol. The number of carbonyl (C=O) groups is 1. The van der Waals surface area contributed by atoms with E-state index in [1.165, 1.54) is 14.2 Å². The molecule has 1 aromatic heterocycles. The third kappa shape index (κ3) is 5.26. The van der Waals surface area contributed by atoms with Gasteiger partial charge in [-0.2, -0.15) is 0 Å².